The zero-order valence-electron chi connectivity index (χ0n) is 9.63. The highest BCUT2D eigenvalue weighted by atomic mass is 79.9. The average Bonchev–Trinajstić information content (AvgIpc) is 2.46. The molecule has 1 atom stereocenters. The van der Waals surface area contributed by atoms with Crippen LogP contribution >= 0.6 is 15.9 Å². The molecule has 0 bridgehead atoms. The van der Waals surface area contributed by atoms with E-state index < -0.39 is 0 Å². The lowest BCUT2D eigenvalue weighted by Gasteiger charge is -2.10. The molecule has 86 valence electrons. The third kappa shape index (κ3) is 3.05. The van der Waals surface area contributed by atoms with Crippen LogP contribution in [0.1, 0.15) is 38.1 Å². The molecule has 1 heterocycles. The van der Waals surface area contributed by atoms with E-state index in [1.807, 2.05) is 11.6 Å². The number of aryl methyl sites for hydroxylation is 2. The van der Waals surface area contributed by atoms with Gasteiger partial charge in [0.15, 0.2) is 0 Å². The fraction of sp³-hybridized carbons (Fsp3) is 0.727. The largest absolute Gasteiger partial charge is 0.393 e. The minimum atomic E-state index is -0.257. The molecular weight excluding hydrogens is 256 g/mol. The molecule has 0 fully saturated rings. The zero-order valence-corrected chi connectivity index (χ0v) is 11.2. The van der Waals surface area contributed by atoms with Gasteiger partial charge in [0.1, 0.15) is 0 Å². The van der Waals surface area contributed by atoms with Crippen molar-refractivity contribution in [2.24, 2.45) is 0 Å². The maximum atomic E-state index is 9.79. The van der Waals surface area contributed by atoms with Crippen LogP contribution in [0.15, 0.2) is 4.47 Å². The fourth-order valence-corrected chi connectivity index (χ4v) is 2.17. The number of nitrogens with zero attached hydrogens (tertiary/aromatic N) is 2. The first-order valence-electron chi connectivity index (χ1n) is 5.49. The van der Waals surface area contributed by atoms with E-state index in [0.717, 1.165) is 35.2 Å². The minimum absolute atomic E-state index is 0.257. The highest BCUT2D eigenvalue weighted by Gasteiger charge is 2.15. The molecule has 0 saturated heterocycles. The van der Waals surface area contributed by atoms with Crippen LogP contribution in [0, 0.1) is 6.92 Å². The summed E-state index contributed by atoms with van der Waals surface area (Å²) < 4.78 is 3.00. The van der Waals surface area contributed by atoms with Crippen LogP contribution in [0.25, 0.3) is 0 Å². The van der Waals surface area contributed by atoms with Crippen LogP contribution in [0.5, 0.6) is 0 Å². The van der Waals surface area contributed by atoms with Crippen LogP contribution in [0.2, 0.25) is 0 Å². The summed E-state index contributed by atoms with van der Waals surface area (Å²) in [6.45, 7) is 6.97. The lowest BCUT2D eigenvalue weighted by molar-refractivity contribution is 0.161. The van der Waals surface area contributed by atoms with Gasteiger partial charge in [0, 0.05) is 13.0 Å². The quantitative estimate of drug-likeness (QED) is 0.897. The molecule has 0 aliphatic rings. The van der Waals surface area contributed by atoms with E-state index in [1.165, 1.54) is 0 Å². The summed E-state index contributed by atoms with van der Waals surface area (Å²) in [5.41, 5.74) is 2.10. The highest BCUT2D eigenvalue weighted by Crippen LogP contribution is 2.23. The van der Waals surface area contributed by atoms with Crippen molar-refractivity contribution in [1.82, 2.24) is 9.78 Å². The van der Waals surface area contributed by atoms with Crippen LogP contribution in [0.3, 0.4) is 0 Å². The third-order valence-electron chi connectivity index (χ3n) is 2.50. The molecule has 0 spiro atoms. The summed E-state index contributed by atoms with van der Waals surface area (Å²) in [4.78, 5) is 0. The van der Waals surface area contributed by atoms with Gasteiger partial charge >= 0.3 is 0 Å². The predicted molar refractivity (Wildman–Crippen MR) is 65.0 cm³/mol. The van der Waals surface area contributed by atoms with Crippen molar-refractivity contribution < 1.29 is 5.11 Å². The molecule has 0 saturated carbocycles. The Balaban J connectivity index is 2.82. The monoisotopic (exact) mass is 274 g/mol. The van der Waals surface area contributed by atoms with Gasteiger partial charge in [-0.25, -0.2) is 0 Å². The molecule has 3 nitrogen and oxygen atoms in total. The highest BCUT2D eigenvalue weighted by molar-refractivity contribution is 9.10. The van der Waals surface area contributed by atoms with Gasteiger partial charge in [-0.1, -0.05) is 13.3 Å². The van der Waals surface area contributed by atoms with Crippen LogP contribution in [-0.4, -0.2) is 21.0 Å². The van der Waals surface area contributed by atoms with E-state index >= 15 is 0 Å². The SMILES string of the molecule is CCCC(O)Cc1c(Br)c(C)nn1CC. The van der Waals surface area contributed by atoms with Gasteiger partial charge in [-0.15, -0.1) is 0 Å². The standard InChI is InChI=1S/C11H19BrN2O/c1-4-6-9(15)7-10-11(12)8(3)13-14(10)5-2/h9,15H,4-7H2,1-3H3. The third-order valence-corrected chi connectivity index (χ3v) is 3.54. The molecule has 4 heteroatoms. The van der Waals surface area contributed by atoms with Crippen molar-refractivity contribution in [3.8, 4) is 0 Å². The number of aliphatic hydroxyl groups excluding tert-OH is 1. The molecule has 0 amide bonds. The molecule has 15 heavy (non-hydrogen) atoms. The van der Waals surface area contributed by atoms with E-state index in [2.05, 4.69) is 34.9 Å². The Bertz CT molecular complexity index is 323. The number of hydrogen-bond acceptors (Lipinski definition) is 2. The summed E-state index contributed by atoms with van der Waals surface area (Å²) in [7, 11) is 0. The van der Waals surface area contributed by atoms with Gasteiger partial charge in [-0.3, -0.25) is 4.68 Å². The summed E-state index contributed by atoms with van der Waals surface area (Å²) in [5.74, 6) is 0. The number of hydrogen-bond donors (Lipinski definition) is 1. The number of rotatable bonds is 5. The Labute approximate surface area is 99.6 Å². The topological polar surface area (TPSA) is 38.1 Å². The predicted octanol–water partition coefficient (Wildman–Crippen LogP) is 2.68. The number of aliphatic hydroxyl groups is 1. The van der Waals surface area contributed by atoms with E-state index in [9.17, 15) is 5.11 Å². The molecule has 1 aromatic rings. The van der Waals surface area contributed by atoms with E-state index in [0.29, 0.717) is 6.42 Å². The average molecular weight is 275 g/mol. The van der Waals surface area contributed by atoms with Gasteiger partial charge in [0.25, 0.3) is 0 Å². The molecule has 0 aromatic carbocycles. The van der Waals surface area contributed by atoms with Gasteiger partial charge in [0.05, 0.1) is 22.0 Å². The Hall–Kier alpha value is -0.350. The van der Waals surface area contributed by atoms with E-state index in [4.69, 9.17) is 0 Å². The molecule has 1 N–H and O–H groups in total. The van der Waals surface area contributed by atoms with Gasteiger partial charge in [0.2, 0.25) is 0 Å². The second kappa shape index (κ2) is 5.66. The molecule has 0 aliphatic heterocycles. The number of halogens is 1. The number of aromatic nitrogens is 2. The van der Waals surface area contributed by atoms with Crippen molar-refractivity contribution in [1.29, 1.82) is 0 Å². The van der Waals surface area contributed by atoms with Crippen molar-refractivity contribution >= 4 is 15.9 Å². The van der Waals surface area contributed by atoms with Crippen LogP contribution in [0.4, 0.5) is 0 Å². The first-order chi connectivity index (χ1) is 7.10. The lowest BCUT2D eigenvalue weighted by atomic mass is 10.1. The first-order valence-corrected chi connectivity index (χ1v) is 6.29. The van der Waals surface area contributed by atoms with E-state index in [-0.39, 0.29) is 6.10 Å². The molecule has 1 aromatic heterocycles. The summed E-state index contributed by atoms with van der Waals surface area (Å²) >= 11 is 3.53. The van der Waals surface area contributed by atoms with Crippen molar-refractivity contribution in [2.75, 3.05) is 0 Å². The summed E-state index contributed by atoms with van der Waals surface area (Å²) in [6, 6.07) is 0. The fourth-order valence-electron chi connectivity index (χ4n) is 1.72. The molecule has 1 unspecified atom stereocenters. The Morgan fingerprint density at radius 2 is 2.13 bits per heavy atom. The minimum Gasteiger partial charge on any atom is -0.393 e. The maximum absolute atomic E-state index is 9.79. The molecule has 1 rings (SSSR count). The second-order valence-corrected chi connectivity index (χ2v) is 4.60. The second-order valence-electron chi connectivity index (χ2n) is 3.81. The molecule has 0 aliphatic carbocycles. The lowest BCUT2D eigenvalue weighted by Crippen LogP contribution is -2.14. The van der Waals surface area contributed by atoms with Crippen LogP contribution < -0.4 is 0 Å². The molecule has 0 radical (unpaired) electrons. The summed E-state index contributed by atoms with van der Waals surface area (Å²) in [5, 5.41) is 14.2. The van der Waals surface area contributed by atoms with Gasteiger partial charge in [-0.2, -0.15) is 5.10 Å². The Kier molecular flexibility index (Phi) is 4.80. The Morgan fingerprint density at radius 3 is 2.67 bits per heavy atom. The summed E-state index contributed by atoms with van der Waals surface area (Å²) in [6.07, 6.45) is 2.29. The Morgan fingerprint density at radius 1 is 1.47 bits per heavy atom. The van der Waals surface area contributed by atoms with E-state index in [1.54, 1.807) is 0 Å². The normalized spacial score (nSPS) is 13.1. The van der Waals surface area contributed by atoms with Gasteiger partial charge in [-0.05, 0) is 36.2 Å². The van der Waals surface area contributed by atoms with Crippen LogP contribution in [-0.2, 0) is 13.0 Å². The van der Waals surface area contributed by atoms with Crippen molar-refractivity contribution in [2.45, 2.75) is 52.7 Å². The first kappa shape index (κ1) is 12.7. The smallest absolute Gasteiger partial charge is 0.0738 e. The maximum Gasteiger partial charge on any atom is 0.0738 e. The van der Waals surface area contributed by atoms with Gasteiger partial charge < -0.3 is 5.11 Å². The molecular formula is C11H19BrN2O. The van der Waals surface area contributed by atoms with Crippen molar-refractivity contribution in [3.05, 3.63) is 15.9 Å². The zero-order chi connectivity index (χ0) is 11.4. The van der Waals surface area contributed by atoms with Crippen molar-refractivity contribution in [3.63, 3.8) is 0 Å².